The van der Waals surface area contributed by atoms with Gasteiger partial charge in [0, 0.05) is 12.1 Å². The molecule has 1 amide bonds. The molecule has 4 rings (SSSR count). The molecule has 1 aliphatic rings. The average molecular weight is 359 g/mol. The van der Waals surface area contributed by atoms with Gasteiger partial charge in [0.05, 0.1) is 5.69 Å². The first-order chi connectivity index (χ1) is 13.3. The van der Waals surface area contributed by atoms with Crippen LogP contribution in [-0.4, -0.2) is 11.9 Å². The van der Waals surface area contributed by atoms with Crippen LogP contribution in [0.1, 0.15) is 11.1 Å². The fourth-order valence-corrected chi connectivity index (χ4v) is 3.05. The van der Waals surface area contributed by atoms with Crippen LogP contribution in [0.4, 0.5) is 11.4 Å². The number of fused-ring (bicyclic) bond motifs is 1. The van der Waals surface area contributed by atoms with E-state index in [1.54, 1.807) is 0 Å². The highest BCUT2D eigenvalue weighted by Crippen LogP contribution is 2.25. The Morgan fingerprint density at radius 1 is 0.963 bits per heavy atom. The third kappa shape index (κ3) is 4.20. The van der Waals surface area contributed by atoms with Gasteiger partial charge in [-0.3, -0.25) is 15.6 Å². The topological polar surface area (TPSA) is 62.4 Å². The highest BCUT2D eigenvalue weighted by Gasteiger charge is 2.26. The van der Waals surface area contributed by atoms with Crippen molar-refractivity contribution < 1.29 is 9.53 Å². The smallest absolute Gasteiger partial charge is 0.261 e. The van der Waals surface area contributed by atoms with Gasteiger partial charge in [0.2, 0.25) is 0 Å². The standard InChI is InChI=1S/C22H21N3O2/c26-22(21-14-17-8-4-5-9-20(17)23-21)25-24-18-10-12-19(13-11-18)27-15-16-6-2-1-3-7-16/h1-13,21,23-24H,14-15H2,(H,25,26)/t21-/m0/s1. The normalized spacial score (nSPS) is 14.7. The first-order valence-electron chi connectivity index (χ1n) is 8.95. The number of carbonyl (C=O) groups is 1. The zero-order valence-corrected chi connectivity index (χ0v) is 14.8. The van der Waals surface area contributed by atoms with E-state index in [-0.39, 0.29) is 11.9 Å². The minimum Gasteiger partial charge on any atom is -0.489 e. The highest BCUT2D eigenvalue weighted by molar-refractivity contribution is 5.88. The molecule has 136 valence electrons. The maximum atomic E-state index is 12.4. The van der Waals surface area contributed by atoms with E-state index in [2.05, 4.69) is 16.2 Å². The molecule has 0 aliphatic carbocycles. The van der Waals surface area contributed by atoms with E-state index >= 15 is 0 Å². The molecule has 5 heteroatoms. The van der Waals surface area contributed by atoms with Crippen molar-refractivity contribution in [2.75, 3.05) is 10.7 Å². The van der Waals surface area contributed by atoms with E-state index in [9.17, 15) is 4.79 Å². The van der Waals surface area contributed by atoms with Crippen molar-refractivity contribution in [1.82, 2.24) is 5.43 Å². The Morgan fingerprint density at radius 3 is 2.48 bits per heavy atom. The van der Waals surface area contributed by atoms with Crippen LogP contribution in [-0.2, 0) is 17.8 Å². The molecule has 0 radical (unpaired) electrons. The van der Waals surface area contributed by atoms with Gasteiger partial charge in [0.15, 0.2) is 0 Å². The van der Waals surface area contributed by atoms with Crippen molar-refractivity contribution in [2.24, 2.45) is 0 Å². The Morgan fingerprint density at radius 2 is 1.70 bits per heavy atom. The number of ether oxygens (including phenoxy) is 1. The van der Waals surface area contributed by atoms with Crippen LogP contribution in [0.2, 0.25) is 0 Å². The third-order valence-corrected chi connectivity index (χ3v) is 4.52. The molecule has 0 spiro atoms. The Bertz CT molecular complexity index is 885. The number of hydrazine groups is 1. The van der Waals surface area contributed by atoms with Gasteiger partial charge in [0.1, 0.15) is 18.4 Å². The summed E-state index contributed by atoms with van der Waals surface area (Å²) in [5, 5.41) is 3.24. The molecular formula is C22H21N3O2. The van der Waals surface area contributed by atoms with Gasteiger partial charge in [-0.1, -0.05) is 48.5 Å². The number of nitrogens with one attached hydrogen (secondary N) is 3. The summed E-state index contributed by atoms with van der Waals surface area (Å²) in [7, 11) is 0. The fourth-order valence-electron chi connectivity index (χ4n) is 3.05. The Balaban J connectivity index is 1.26. The number of rotatable bonds is 6. The second-order valence-corrected chi connectivity index (χ2v) is 6.47. The van der Waals surface area contributed by atoms with Crippen molar-refractivity contribution >= 4 is 17.3 Å². The molecule has 0 bridgehead atoms. The zero-order chi connectivity index (χ0) is 18.5. The third-order valence-electron chi connectivity index (χ3n) is 4.52. The van der Waals surface area contributed by atoms with E-state index in [0.717, 1.165) is 28.3 Å². The average Bonchev–Trinajstić information content (AvgIpc) is 3.16. The number of anilines is 2. The monoisotopic (exact) mass is 359 g/mol. The lowest BCUT2D eigenvalue weighted by Gasteiger charge is -2.14. The molecule has 5 nitrogen and oxygen atoms in total. The van der Waals surface area contributed by atoms with Gasteiger partial charge in [-0.25, -0.2) is 0 Å². The summed E-state index contributed by atoms with van der Waals surface area (Å²) >= 11 is 0. The van der Waals surface area contributed by atoms with Crippen LogP contribution in [0.25, 0.3) is 0 Å². The summed E-state index contributed by atoms with van der Waals surface area (Å²) in [6.45, 7) is 0.526. The molecule has 1 atom stereocenters. The Labute approximate surface area is 158 Å². The molecule has 0 saturated carbocycles. The molecule has 3 aromatic carbocycles. The molecule has 1 heterocycles. The van der Waals surface area contributed by atoms with E-state index in [4.69, 9.17) is 4.74 Å². The number of amides is 1. The van der Waals surface area contributed by atoms with Crippen molar-refractivity contribution in [3.63, 3.8) is 0 Å². The SMILES string of the molecule is O=C(NNc1ccc(OCc2ccccc2)cc1)[C@@H]1Cc2ccccc2N1. The number of carbonyl (C=O) groups excluding carboxylic acids is 1. The summed E-state index contributed by atoms with van der Waals surface area (Å²) in [5.41, 5.74) is 9.82. The van der Waals surface area contributed by atoms with Gasteiger partial charge < -0.3 is 10.1 Å². The maximum absolute atomic E-state index is 12.4. The molecule has 3 N–H and O–H groups in total. The summed E-state index contributed by atoms with van der Waals surface area (Å²) < 4.78 is 5.76. The summed E-state index contributed by atoms with van der Waals surface area (Å²) in [5.74, 6) is 0.694. The first kappa shape index (κ1) is 17.0. The van der Waals surface area contributed by atoms with Gasteiger partial charge in [-0.2, -0.15) is 0 Å². The number of hydrogen-bond acceptors (Lipinski definition) is 4. The van der Waals surface area contributed by atoms with Gasteiger partial charge in [-0.05, 0) is 41.5 Å². The van der Waals surface area contributed by atoms with Crippen LogP contribution < -0.4 is 20.9 Å². The second-order valence-electron chi connectivity index (χ2n) is 6.47. The fraction of sp³-hybridized carbons (Fsp3) is 0.136. The summed E-state index contributed by atoms with van der Waals surface area (Å²) in [6.07, 6.45) is 0.690. The quantitative estimate of drug-likeness (QED) is 0.587. The van der Waals surface area contributed by atoms with Crippen LogP contribution in [0.15, 0.2) is 78.9 Å². The highest BCUT2D eigenvalue weighted by atomic mass is 16.5. The summed E-state index contributed by atoms with van der Waals surface area (Å²) in [4.78, 5) is 12.4. The van der Waals surface area contributed by atoms with Crippen LogP contribution in [0, 0.1) is 0 Å². The molecule has 0 fully saturated rings. The van der Waals surface area contributed by atoms with Gasteiger partial charge >= 0.3 is 0 Å². The molecule has 0 saturated heterocycles. The first-order valence-corrected chi connectivity index (χ1v) is 8.95. The molecule has 1 aliphatic heterocycles. The second kappa shape index (κ2) is 7.83. The summed E-state index contributed by atoms with van der Waals surface area (Å²) in [6, 6.07) is 25.2. The molecular weight excluding hydrogens is 338 g/mol. The van der Waals surface area contributed by atoms with Crippen LogP contribution >= 0.6 is 0 Å². The van der Waals surface area contributed by atoms with E-state index in [1.165, 1.54) is 0 Å². The molecule has 3 aromatic rings. The minimum absolute atomic E-state index is 0.0874. The molecule has 27 heavy (non-hydrogen) atoms. The lowest BCUT2D eigenvalue weighted by molar-refractivity contribution is -0.121. The lowest BCUT2D eigenvalue weighted by Crippen LogP contribution is -2.41. The Hall–Kier alpha value is -3.47. The largest absolute Gasteiger partial charge is 0.489 e. The van der Waals surface area contributed by atoms with Crippen LogP contribution in [0.5, 0.6) is 5.75 Å². The molecule has 0 aromatic heterocycles. The van der Waals surface area contributed by atoms with E-state index in [1.807, 2.05) is 78.9 Å². The van der Waals surface area contributed by atoms with E-state index < -0.39 is 0 Å². The number of benzene rings is 3. The van der Waals surface area contributed by atoms with Gasteiger partial charge in [0.25, 0.3) is 5.91 Å². The van der Waals surface area contributed by atoms with Crippen molar-refractivity contribution in [1.29, 1.82) is 0 Å². The van der Waals surface area contributed by atoms with Crippen molar-refractivity contribution in [2.45, 2.75) is 19.1 Å². The van der Waals surface area contributed by atoms with Gasteiger partial charge in [-0.15, -0.1) is 0 Å². The predicted octanol–water partition coefficient (Wildman–Crippen LogP) is 3.75. The van der Waals surface area contributed by atoms with E-state index in [0.29, 0.717) is 13.0 Å². The number of para-hydroxylation sites is 1. The Kier molecular flexibility index (Phi) is 4.92. The van der Waals surface area contributed by atoms with Crippen LogP contribution in [0.3, 0.4) is 0 Å². The molecule has 0 unspecified atom stereocenters. The zero-order valence-electron chi connectivity index (χ0n) is 14.8. The number of hydrogen-bond donors (Lipinski definition) is 3. The lowest BCUT2D eigenvalue weighted by atomic mass is 10.1. The maximum Gasteiger partial charge on any atom is 0.261 e. The van der Waals surface area contributed by atoms with Crippen molar-refractivity contribution in [3.05, 3.63) is 90.0 Å². The van der Waals surface area contributed by atoms with Crippen molar-refractivity contribution in [3.8, 4) is 5.75 Å². The minimum atomic E-state index is -0.261. The predicted molar refractivity (Wildman–Crippen MR) is 107 cm³/mol.